The van der Waals surface area contributed by atoms with E-state index < -0.39 is 5.91 Å². The Morgan fingerprint density at radius 3 is 2.32 bits per heavy atom. The maximum absolute atomic E-state index is 12.5. The average Bonchev–Trinajstić information content (AvgIpc) is 2.42. The minimum Gasteiger partial charge on any atom is -0.366 e. The van der Waals surface area contributed by atoms with E-state index in [-0.39, 0.29) is 11.6 Å². The summed E-state index contributed by atoms with van der Waals surface area (Å²) in [7, 11) is 0. The van der Waals surface area contributed by atoms with Crippen LogP contribution < -0.4 is 11.3 Å². The first-order valence-corrected chi connectivity index (χ1v) is 6.53. The van der Waals surface area contributed by atoms with Crippen molar-refractivity contribution in [2.24, 2.45) is 5.73 Å². The zero-order chi connectivity index (χ0) is 14.0. The lowest BCUT2D eigenvalue weighted by Gasteiger charge is -2.18. The summed E-state index contributed by atoms with van der Waals surface area (Å²) in [5, 5.41) is 1.17. The lowest BCUT2D eigenvalue weighted by Crippen LogP contribution is -2.27. The number of carbonyl (C=O) groups is 1. The molecule has 0 spiro atoms. The van der Waals surface area contributed by atoms with Crippen molar-refractivity contribution in [3.05, 3.63) is 46.4 Å². The predicted octanol–water partition coefficient (Wildman–Crippen LogP) is 2.46. The number of hydrogen-bond acceptors (Lipinski definition) is 2. The average molecular weight is 258 g/mol. The Morgan fingerprint density at radius 1 is 1.21 bits per heavy atom. The van der Waals surface area contributed by atoms with Crippen LogP contribution in [0.25, 0.3) is 10.8 Å². The third-order valence-electron chi connectivity index (χ3n) is 3.55. The van der Waals surface area contributed by atoms with E-state index in [0.717, 1.165) is 12.8 Å². The fourth-order valence-corrected chi connectivity index (χ4v) is 2.46. The number of hydrogen-bond donors (Lipinski definition) is 1. The molecule has 0 aliphatic rings. The summed E-state index contributed by atoms with van der Waals surface area (Å²) in [5.41, 5.74) is 5.77. The van der Waals surface area contributed by atoms with Crippen LogP contribution in [0.15, 0.2) is 35.3 Å². The molecule has 2 N–H and O–H groups in total. The standard InChI is InChI=1S/C15H18N2O2/c1-3-10(4-2)17-9-13(14(16)18)11-7-5-6-8-12(11)15(17)19/h5-10H,3-4H2,1-2H3,(H2,16,18). The molecule has 0 atom stereocenters. The van der Waals surface area contributed by atoms with Gasteiger partial charge >= 0.3 is 0 Å². The monoisotopic (exact) mass is 258 g/mol. The summed E-state index contributed by atoms with van der Waals surface area (Å²) in [6.45, 7) is 4.06. The van der Waals surface area contributed by atoms with Gasteiger partial charge in [-0.05, 0) is 18.9 Å². The highest BCUT2D eigenvalue weighted by Crippen LogP contribution is 2.19. The number of primary amides is 1. The second-order valence-electron chi connectivity index (χ2n) is 4.64. The zero-order valence-electron chi connectivity index (χ0n) is 11.2. The van der Waals surface area contributed by atoms with E-state index in [1.807, 2.05) is 13.8 Å². The minimum absolute atomic E-state index is 0.0608. The zero-order valence-corrected chi connectivity index (χ0v) is 11.2. The number of pyridine rings is 1. The number of carbonyl (C=O) groups excluding carboxylic acids is 1. The van der Waals surface area contributed by atoms with E-state index in [1.165, 1.54) is 0 Å². The molecule has 1 heterocycles. The van der Waals surface area contributed by atoms with Crippen molar-refractivity contribution < 1.29 is 4.79 Å². The fraction of sp³-hybridized carbons (Fsp3) is 0.333. The molecule has 100 valence electrons. The second kappa shape index (κ2) is 5.26. The van der Waals surface area contributed by atoms with Crippen LogP contribution in [0.3, 0.4) is 0 Å². The molecule has 0 bridgehead atoms. The van der Waals surface area contributed by atoms with Crippen LogP contribution in [0.5, 0.6) is 0 Å². The first-order chi connectivity index (χ1) is 9.10. The van der Waals surface area contributed by atoms with E-state index in [0.29, 0.717) is 16.3 Å². The molecule has 4 heteroatoms. The molecule has 0 unspecified atom stereocenters. The molecule has 1 aromatic heterocycles. The van der Waals surface area contributed by atoms with Crippen LogP contribution in [0, 0.1) is 0 Å². The highest BCUT2D eigenvalue weighted by molar-refractivity contribution is 6.05. The van der Waals surface area contributed by atoms with Gasteiger partial charge in [-0.15, -0.1) is 0 Å². The molecule has 2 rings (SSSR count). The van der Waals surface area contributed by atoms with Gasteiger partial charge in [0.05, 0.1) is 5.56 Å². The number of rotatable bonds is 4. The van der Waals surface area contributed by atoms with Crippen molar-refractivity contribution in [3.63, 3.8) is 0 Å². The Labute approximate surface area is 111 Å². The molecule has 0 fully saturated rings. The van der Waals surface area contributed by atoms with Gasteiger partial charge in [0.1, 0.15) is 0 Å². The molecule has 1 amide bonds. The topological polar surface area (TPSA) is 65.1 Å². The molecule has 0 saturated carbocycles. The quantitative estimate of drug-likeness (QED) is 0.915. The number of fused-ring (bicyclic) bond motifs is 1. The molecular weight excluding hydrogens is 240 g/mol. The van der Waals surface area contributed by atoms with E-state index in [1.54, 1.807) is 35.0 Å². The Bertz CT molecular complexity index is 669. The Kier molecular flexibility index (Phi) is 3.69. The molecule has 0 aliphatic carbocycles. The van der Waals surface area contributed by atoms with Gasteiger partial charge in [-0.1, -0.05) is 32.0 Å². The normalized spacial score (nSPS) is 11.1. The van der Waals surface area contributed by atoms with Crippen LogP contribution in [-0.2, 0) is 0 Å². The Balaban J connectivity index is 2.84. The SMILES string of the molecule is CCC(CC)n1cc(C(N)=O)c2ccccc2c1=O. The Hall–Kier alpha value is -2.10. The summed E-state index contributed by atoms with van der Waals surface area (Å²) in [5.74, 6) is -0.504. The fourth-order valence-electron chi connectivity index (χ4n) is 2.46. The minimum atomic E-state index is -0.504. The van der Waals surface area contributed by atoms with Gasteiger partial charge in [0.2, 0.25) is 0 Å². The van der Waals surface area contributed by atoms with Crippen molar-refractivity contribution in [1.29, 1.82) is 0 Å². The summed E-state index contributed by atoms with van der Waals surface area (Å²) in [4.78, 5) is 24.1. The molecule has 0 saturated heterocycles. The largest absolute Gasteiger partial charge is 0.366 e. The van der Waals surface area contributed by atoms with E-state index >= 15 is 0 Å². The van der Waals surface area contributed by atoms with Crippen LogP contribution in [-0.4, -0.2) is 10.5 Å². The number of nitrogens with two attached hydrogens (primary N) is 1. The maximum Gasteiger partial charge on any atom is 0.258 e. The van der Waals surface area contributed by atoms with E-state index in [9.17, 15) is 9.59 Å². The van der Waals surface area contributed by atoms with Crippen molar-refractivity contribution in [2.45, 2.75) is 32.7 Å². The first-order valence-electron chi connectivity index (χ1n) is 6.53. The van der Waals surface area contributed by atoms with Crippen LogP contribution in [0.4, 0.5) is 0 Å². The third kappa shape index (κ3) is 2.26. The molecule has 0 aliphatic heterocycles. The van der Waals surface area contributed by atoms with Gasteiger partial charge in [0.25, 0.3) is 11.5 Å². The summed E-state index contributed by atoms with van der Waals surface area (Å²) >= 11 is 0. The van der Waals surface area contributed by atoms with E-state index in [4.69, 9.17) is 5.73 Å². The highest BCUT2D eigenvalue weighted by Gasteiger charge is 2.15. The van der Waals surface area contributed by atoms with Gasteiger partial charge in [0.15, 0.2) is 0 Å². The van der Waals surface area contributed by atoms with Gasteiger partial charge in [0, 0.05) is 23.0 Å². The Morgan fingerprint density at radius 2 is 1.79 bits per heavy atom. The molecule has 4 nitrogen and oxygen atoms in total. The number of nitrogens with zero attached hydrogens (tertiary/aromatic N) is 1. The lowest BCUT2D eigenvalue weighted by molar-refractivity contribution is 0.100. The molecule has 2 aromatic rings. The van der Waals surface area contributed by atoms with Gasteiger partial charge in [-0.2, -0.15) is 0 Å². The number of benzene rings is 1. The van der Waals surface area contributed by atoms with E-state index in [2.05, 4.69) is 0 Å². The maximum atomic E-state index is 12.5. The molecule has 0 radical (unpaired) electrons. The number of aromatic nitrogens is 1. The second-order valence-corrected chi connectivity index (χ2v) is 4.64. The van der Waals surface area contributed by atoms with Crippen molar-refractivity contribution in [1.82, 2.24) is 4.57 Å². The first kappa shape index (κ1) is 13.3. The summed E-state index contributed by atoms with van der Waals surface area (Å²) < 4.78 is 1.64. The van der Waals surface area contributed by atoms with Gasteiger partial charge in [-0.25, -0.2) is 0 Å². The summed E-state index contributed by atoms with van der Waals surface area (Å²) in [6, 6.07) is 7.19. The molecule has 1 aromatic carbocycles. The van der Waals surface area contributed by atoms with Crippen molar-refractivity contribution >= 4 is 16.7 Å². The van der Waals surface area contributed by atoms with Crippen LogP contribution in [0.1, 0.15) is 43.1 Å². The highest BCUT2D eigenvalue weighted by atomic mass is 16.1. The predicted molar refractivity (Wildman–Crippen MR) is 76.3 cm³/mol. The van der Waals surface area contributed by atoms with Crippen molar-refractivity contribution in [3.8, 4) is 0 Å². The lowest BCUT2D eigenvalue weighted by atomic mass is 10.1. The summed E-state index contributed by atoms with van der Waals surface area (Å²) in [6.07, 6.45) is 3.28. The smallest absolute Gasteiger partial charge is 0.258 e. The number of amides is 1. The van der Waals surface area contributed by atoms with Gasteiger partial charge < -0.3 is 10.3 Å². The van der Waals surface area contributed by atoms with Crippen molar-refractivity contribution in [2.75, 3.05) is 0 Å². The molecule has 19 heavy (non-hydrogen) atoms. The van der Waals surface area contributed by atoms with Gasteiger partial charge in [-0.3, -0.25) is 9.59 Å². The third-order valence-corrected chi connectivity index (χ3v) is 3.55. The van der Waals surface area contributed by atoms with Crippen LogP contribution >= 0.6 is 0 Å². The van der Waals surface area contributed by atoms with Crippen LogP contribution in [0.2, 0.25) is 0 Å². The molecular formula is C15H18N2O2.